The zero-order valence-electron chi connectivity index (χ0n) is 21.8. The van der Waals surface area contributed by atoms with E-state index in [9.17, 15) is 10.1 Å². The number of fused-ring (bicyclic) bond motifs is 1. The van der Waals surface area contributed by atoms with E-state index < -0.39 is 11.5 Å². The van der Waals surface area contributed by atoms with Gasteiger partial charge in [0, 0.05) is 24.7 Å². The predicted molar refractivity (Wildman–Crippen MR) is 139 cm³/mol. The van der Waals surface area contributed by atoms with Crippen molar-refractivity contribution in [3.05, 3.63) is 45.8 Å². The quantitative estimate of drug-likeness (QED) is 0.505. The summed E-state index contributed by atoms with van der Waals surface area (Å²) in [5.74, 6) is 0.280. The lowest BCUT2D eigenvalue weighted by molar-refractivity contribution is 0.0501. The molecule has 1 unspecified atom stereocenters. The van der Waals surface area contributed by atoms with Gasteiger partial charge in [-0.15, -0.1) is 0 Å². The van der Waals surface area contributed by atoms with E-state index in [4.69, 9.17) is 0 Å². The average molecular weight is 519 g/mol. The highest BCUT2D eigenvalue weighted by molar-refractivity contribution is 5.64. The summed E-state index contributed by atoms with van der Waals surface area (Å²) in [5, 5.41) is 23.9. The number of piperidine rings is 1. The Morgan fingerprint density at radius 2 is 2.03 bits per heavy atom. The van der Waals surface area contributed by atoms with Gasteiger partial charge in [0.2, 0.25) is 5.95 Å². The molecule has 1 saturated carbocycles. The minimum Gasteiger partial charge on any atom is -0.366 e. The molecule has 1 aromatic carbocycles. The molecule has 2 N–H and O–H groups in total. The van der Waals surface area contributed by atoms with E-state index in [1.165, 1.54) is 36.8 Å². The smallest absolute Gasteiger partial charge is 0.366 e. The van der Waals surface area contributed by atoms with Crippen LogP contribution in [0.3, 0.4) is 0 Å². The molecular formula is C26H31FN10O. The maximum Gasteiger partial charge on any atom is 0.368 e. The van der Waals surface area contributed by atoms with E-state index >= 15 is 4.39 Å². The van der Waals surface area contributed by atoms with Crippen molar-refractivity contribution in [3.63, 3.8) is 0 Å². The molecule has 2 atom stereocenters. The van der Waals surface area contributed by atoms with E-state index in [0.717, 1.165) is 42.5 Å². The Kier molecular flexibility index (Phi) is 5.90. The molecule has 4 heterocycles. The largest absolute Gasteiger partial charge is 0.368 e. The summed E-state index contributed by atoms with van der Waals surface area (Å²) < 4.78 is 17.5. The molecule has 0 amide bonds. The number of nitrogens with zero attached hydrogens (tertiary/aromatic N) is 8. The Morgan fingerprint density at radius 1 is 1.21 bits per heavy atom. The van der Waals surface area contributed by atoms with Crippen LogP contribution in [0.2, 0.25) is 0 Å². The second kappa shape index (κ2) is 9.16. The Hall–Kier alpha value is -3.85. The second-order valence-corrected chi connectivity index (χ2v) is 11.2. The summed E-state index contributed by atoms with van der Waals surface area (Å²) in [4.78, 5) is 24.0. The molecule has 2 aliphatic heterocycles. The number of benzene rings is 1. The van der Waals surface area contributed by atoms with Crippen molar-refractivity contribution in [1.82, 2.24) is 34.7 Å². The molecule has 3 fully saturated rings. The van der Waals surface area contributed by atoms with Gasteiger partial charge < -0.3 is 10.6 Å². The molecule has 0 radical (unpaired) electrons. The molecule has 2 aromatic heterocycles. The summed E-state index contributed by atoms with van der Waals surface area (Å²) in [6.07, 6.45) is 7.59. The SMILES string of the molecule is Cn1nnn(-c2cc(Nc3ncc(C#N)c(N[C@@H]4CC5CCCN5C(C)(C)C4)n3)c(F)cc2C2CC2)c1=O. The van der Waals surface area contributed by atoms with Crippen LogP contribution >= 0.6 is 0 Å². The number of rotatable bonds is 6. The van der Waals surface area contributed by atoms with Gasteiger partial charge in [-0.2, -0.15) is 19.6 Å². The van der Waals surface area contributed by atoms with Gasteiger partial charge in [0.1, 0.15) is 23.3 Å². The third kappa shape index (κ3) is 4.41. The minimum atomic E-state index is -0.481. The fourth-order valence-electron chi connectivity index (χ4n) is 6.11. The first-order chi connectivity index (χ1) is 18.2. The maximum atomic E-state index is 15.2. The van der Waals surface area contributed by atoms with Crippen LogP contribution in [0, 0.1) is 17.1 Å². The number of nitrogens with one attached hydrogen (secondary N) is 2. The molecule has 2 saturated heterocycles. The fraction of sp³-hybridized carbons (Fsp3) is 0.538. The highest BCUT2D eigenvalue weighted by Gasteiger charge is 2.43. The highest BCUT2D eigenvalue weighted by Crippen LogP contribution is 2.44. The molecule has 12 heteroatoms. The summed E-state index contributed by atoms with van der Waals surface area (Å²) in [5.41, 5.74) is 1.28. The number of anilines is 3. The van der Waals surface area contributed by atoms with Crippen LogP contribution in [0.1, 0.15) is 69.4 Å². The number of hydrogen-bond donors (Lipinski definition) is 2. The molecule has 3 aromatic rings. The summed E-state index contributed by atoms with van der Waals surface area (Å²) in [7, 11) is 1.52. The third-order valence-corrected chi connectivity index (χ3v) is 8.04. The molecule has 0 spiro atoms. The van der Waals surface area contributed by atoms with E-state index in [1.54, 1.807) is 6.07 Å². The van der Waals surface area contributed by atoms with Crippen LogP contribution in [0.5, 0.6) is 0 Å². The van der Waals surface area contributed by atoms with Crippen LogP contribution in [0.4, 0.5) is 21.8 Å². The molecule has 198 valence electrons. The fourth-order valence-corrected chi connectivity index (χ4v) is 6.11. The van der Waals surface area contributed by atoms with Gasteiger partial charge in [-0.3, -0.25) is 4.90 Å². The molecular weight excluding hydrogens is 487 g/mol. The zero-order chi connectivity index (χ0) is 26.6. The monoisotopic (exact) mass is 518 g/mol. The minimum absolute atomic E-state index is 0.0548. The number of hydrogen-bond acceptors (Lipinski definition) is 9. The van der Waals surface area contributed by atoms with Gasteiger partial charge in [0.25, 0.3) is 0 Å². The van der Waals surface area contributed by atoms with Crippen molar-refractivity contribution in [1.29, 1.82) is 5.26 Å². The van der Waals surface area contributed by atoms with Gasteiger partial charge in [-0.25, -0.2) is 14.2 Å². The van der Waals surface area contributed by atoms with E-state index in [0.29, 0.717) is 23.1 Å². The van der Waals surface area contributed by atoms with E-state index in [1.807, 2.05) is 0 Å². The Balaban J connectivity index is 1.30. The zero-order valence-corrected chi connectivity index (χ0v) is 21.8. The average Bonchev–Trinajstić information content (AvgIpc) is 3.52. The van der Waals surface area contributed by atoms with Crippen LogP contribution < -0.4 is 16.3 Å². The van der Waals surface area contributed by atoms with Crippen molar-refractivity contribution >= 4 is 17.5 Å². The first-order valence-corrected chi connectivity index (χ1v) is 13.1. The standard InChI is InChI=1S/C26H31FN10O/c1-26(2)12-17(9-18-5-4-8-36(18)26)30-23-16(13-28)14-29-24(32-23)31-21-11-22(37-25(38)35(3)33-34-37)19(10-20(21)27)15-6-7-15/h10-11,14-15,17-18H,4-9,12H2,1-3H3,(H2,29,30,31,32)/t17-,18?/m1/s1. The van der Waals surface area contributed by atoms with Crippen molar-refractivity contribution < 1.29 is 4.39 Å². The molecule has 3 aliphatic rings. The Labute approximate surface area is 219 Å². The van der Waals surface area contributed by atoms with E-state index in [-0.39, 0.29) is 29.1 Å². The molecule has 6 rings (SSSR count). The van der Waals surface area contributed by atoms with Gasteiger partial charge in [0.15, 0.2) is 0 Å². The number of halogens is 1. The molecule has 1 aliphatic carbocycles. The van der Waals surface area contributed by atoms with Crippen molar-refractivity contribution in [2.24, 2.45) is 7.05 Å². The normalized spacial score (nSPS) is 22.6. The number of aromatic nitrogens is 6. The lowest BCUT2D eigenvalue weighted by Gasteiger charge is -2.47. The van der Waals surface area contributed by atoms with Crippen LogP contribution in [-0.2, 0) is 7.05 Å². The summed E-state index contributed by atoms with van der Waals surface area (Å²) in [6, 6.07) is 5.83. The lowest BCUT2D eigenvalue weighted by Crippen LogP contribution is -2.55. The Morgan fingerprint density at radius 3 is 2.74 bits per heavy atom. The van der Waals surface area contributed by atoms with Crippen molar-refractivity contribution in [2.45, 2.75) is 75.9 Å². The number of aryl methyl sites for hydroxylation is 1. The van der Waals surface area contributed by atoms with Crippen LogP contribution in [-0.4, -0.2) is 58.8 Å². The summed E-state index contributed by atoms with van der Waals surface area (Å²) >= 11 is 0. The number of nitriles is 1. The van der Waals surface area contributed by atoms with E-state index in [2.05, 4.69) is 55.8 Å². The van der Waals surface area contributed by atoms with Crippen LogP contribution in [0.15, 0.2) is 23.1 Å². The first kappa shape index (κ1) is 24.5. The third-order valence-electron chi connectivity index (χ3n) is 8.04. The molecule has 11 nitrogen and oxygen atoms in total. The van der Waals surface area contributed by atoms with Gasteiger partial charge in [-0.1, -0.05) is 0 Å². The Bertz CT molecular complexity index is 1480. The number of tetrazole rings is 1. The van der Waals surface area contributed by atoms with Gasteiger partial charge in [-0.05, 0) is 93.0 Å². The van der Waals surface area contributed by atoms with Crippen molar-refractivity contribution in [3.8, 4) is 11.8 Å². The first-order valence-electron chi connectivity index (χ1n) is 13.1. The van der Waals surface area contributed by atoms with Gasteiger partial charge >= 0.3 is 5.69 Å². The molecule has 0 bridgehead atoms. The van der Waals surface area contributed by atoms with Gasteiger partial charge in [0.05, 0.1) is 17.6 Å². The predicted octanol–water partition coefficient (Wildman–Crippen LogP) is 3.21. The molecule has 38 heavy (non-hydrogen) atoms. The topological polar surface area (TPSA) is 130 Å². The highest BCUT2D eigenvalue weighted by atomic mass is 19.1. The second-order valence-electron chi connectivity index (χ2n) is 11.2. The van der Waals surface area contributed by atoms with Crippen molar-refractivity contribution in [2.75, 3.05) is 17.2 Å². The summed E-state index contributed by atoms with van der Waals surface area (Å²) in [6.45, 7) is 5.67. The van der Waals surface area contributed by atoms with Crippen LogP contribution in [0.25, 0.3) is 5.69 Å². The lowest BCUT2D eigenvalue weighted by atomic mass is 9.84. The maximum absolute atomic E-state index is 15.2.